The molecule has 0 atom stereocenters. The highest BCUT2D eigenvalue weighted by atomic mass is 19.1. The van der Waals surface area contributed by atoms with E-state index < -0.39 is 29.9 Å². The monoisotopic (exact) mass is 357 g/mol. The summed E-state index contributed by atoms with van der Waals surface area (Å²) in [5.41, 5.74) is 0.759. The third-order valence-electron chi connectivity index (χ3n) is 6.24. The number of nitrogens with zero attached hydrogens (tertiary/aromatic N) is 3. The molecule has 0 bridgehead atoms. The summed E-state index contributed by atoms with van der Waals surface area (Å²) in [4.78, 5) is 0. The third kappa shape index (κ3) is 2.52. The lowest BCUT2D eigenvalue weighted by Gasteiger charge is -2.43. The minimum atomic E-state index is -0.813. The second-order valence-corrected chi connectivity index (χ2v) is 8.57. The Morgan fingerprint density at radius 3 is 2.35 bits per heavy atom. The van der Waals surface area contributed by atoms with Crippen molar-refractivity contribution in [3.8, 4) is 0 Å². The molecule has 2 aromatic rings. The molecule has 0 N–H and O–H groups in total. The number of alkyl halides is 1. The highest BCUT2D eigenvalue weighted by molar-refractivity contribution is 6.62. The van der Waals surface area contributed by atoms with Gasteiger partial charge in [-0.15, -0.1) is 10.2 Å². The molecule has 0 spiro atoms. The Kier molecular flexibility index (Phi) is 3.83. The smallest absolute Gasteiger partial charge is 0.399 e. The van der Waals surface area contributed by atoms with Crippen molar-refractivity contribution >= 4 is 12.6 Å². The van der Waals surface area contributed by atoms with Crippen LogP contribution in [0.3, 0.4) is 0 Å². The van der Waals surface area contributed by atoms with Gasteiger partial charge in [0.2, 0.25) is 0 Å². The van der Waals surface area contributed by atoms with E-state index in [1.807, 2.05) is 57.5 Å². The van der Waals surface area contributed by atoms with Crippen LogP contribution in [0.4, 0.5) is 4.39 Å². The van der Waals surface area contributed by atoms with E-state index in [9.17, 15) is 4.39 Å². The van der Waals surface area contributed by atoms with E-state index in [1.54, 1.807) is 6.33 Å². The van der Waals surface area contributed by atoms with E-state index >= 15 is 0 Å². The molecular formula is C19H25BFN3O2. The van der Waals surface area contributed by atoms with E-state index in [4.69, 9.17) is 9.31 Å². The molecule has 0 unspecified atom stereocenters. The minimum Gasteiger partial charge on any atom is -0.399 e. The van der Waals surface area contributed by atoms with Gasteiger partial charge in [0.05, 0.1) is 16.6 Å². The fourth-order valence-corrected chi connectivity index (χ4v) is 3.92. The lowest BCUT2D eigenvalue weighted by atomic mass is 9.61. The van der Waals surface area contributed by atoms with E-state index in [-0.39, 0.29) is 0 Å². The van der Waals surface area contributed by atoms with Gasteiger partial charge in [0, 0.05) is 7.05 Å². The first kappa shape index (κ1) is 17.7. The van der Waals surface area contributed by atoms with Gasteiger partial charge in [0.25, 0.3) is 0 Å². The van der Waals surface area contributed by atoms with E-state index in [1.165, 1.54) is 0 Å². The van der Waals surface area contributed by atoms with Crippen LogP contribution in [-0.4, -0.2) is 39.3 Å². The second-order valence-electron chi connectivity index (χ2n) is 8.57. The molecule has 1 saturated carbocycles. The number of halogens is 1. The molecule has 1 aromatic heterocycles. The average Bonchev–Trinajstić information content (AvgIpc) is 3.05. The highest BCUT2D eigenvalue weighted by Gasteiger charge is 2.53. The van der Waals surface area contributed by atoms with Crippen LogP contribution in [0, 0.1) is 0 Å². The van der Waals surface area contributed by atoms with Crippen LogP contribution in [0.1, 0.15) is 51.9 Å². The Balaban J connectivity index is 1.71. The molecule has 1 aliphatic carbocycles. The van der Waals surface area contributed by atoms with Crippen LogP contribution >= 0.6 is 0 Å². The summed E-state index contributed by atoms with van der Waals surface area (Å²) in [6.07, 6.45) is 1.70. The third-order valence-corrected chi connectivity index (χ3v) is 6.24. The van der Waals surface area contributed by atoms with Crippen LogP contribution in [0.5, 0.6) is 0 Å². The van der Waals surface area contributed by atoms with Crippen LogP contribution in [0.2, 0.25) is 0 Å². The fourth-order valence-electron chi connectivity index (χ4n) is 3.92. The molecule has 7 heteroatoms. The maximum absolute atomic E-state index is 13.9. The van der Waals surface area contributed by atoms with Crippen molar-refractivity contribution in [2.45, 2.75) is 63.3 Å². The zero-order valence-corrected chi connectivity index (χ0v) is 16.0. The molecule has 2 aliphatic rings. The summed E-state index contributed by atoms with van der Waals surface area (Å²) in [6, 6.07) is 8.10. The van der Waals surface area contributed by atoms with Gasteiger partial charge < -0.3 is 13.9 Å². The van der Waals surface area contributed by atoms with Crippen molar-refractivity contribution in [2.75, 3.05) is 0 Å². The molecule has 1 saturated heterocycles. The van der Waals surface area contributed by atoms with Gasteiger partial charge in [-0.1, -0.05) is 24.3 Å². The van der Waals surface area contributed by atoms with Crippen LogP contribution < -0.4 is 5.46 Å². The topological polar surface area (TPSA) is 49.2 Å². The summed E-state index contributed by atoms with van der Waals surface area (Å²) < 4.78 is 28.2. The Morgan fingerprint density at radius 1 is 1.15 bits per heavy atom. The molecule has 5 nitrogen and oxygen atoms in total. The van der Waals surface area contributed by atoms with Gasteiger partial charge >= 0.3 is 7.12 Å². The highest BCUT2D eigenvalue weighted by Crippen LogP contribution is 2.49. The fraction of sp³-hybridized carbons (Fsp3) is 0.579. The largest absolute Gasteiger partial charge is 0.494 e. The molecule has 2 fully saturated rings. The zero-order valence-electron chi connectivity index (χ0n) is 16.0. The van der Waals surface area contributed by atoms with Crippen molar-refractivity contribution in [1.82, 2.24) is 14.8 Å². The van der Waals surface area contributed by atoms with Gasteiger partial charge in [-0.25, -0.2) is 4.39 Å². The van der Waals surface area contributed by atoms with Crippen molar-refractivity contribution in [3.63, 3.8) is 0 Å². The predicted molar refractivity (Wildman–Crippen MR) is 98.1 cm³/mol. The molecule has 26 heavy (non-hydrogen) atoms. The molecule has 0 radical (unpaired) electrons. The van der Waals surface area contributed by atoms with Crippen molar-refractivity contribution in [3.05, 3.63) is 42.0 Å². The van der Waals surface area contributed by atoms with Gasteiger partial charge in [0.1, 0.15) is 18.3 Å². The lowest BCUT2D eigenvalue weighted by Crippen LogP contribution is -2.46. The Hall–Kier alpha value is -1.73. The normalized spacial score (nSPS) is 29.6. The lowest BCUT2D eigenvalue weighted by molar-refractivity contribution is 0.00578. The number of hydrogen-bond acceptors (Lipinski definition) is 4. The van der Waals surface area contributed by atoms with Crippen molar-refractivity contribution < 1.29 is 13.7 Å². The number of aromatic nitrogens is 3. The first-order valence-corrected chi connectivity index (χ1v) is 9.09. The minimum absolute atomic E-state index is 0.393. The molecule has 0 amide bonds. The number of hydrogen-bond donors (Lipinski definition) is 0. The van der Waals surface area contributed by atoms with E-state index in [2.05, 4.69) is 16.3 Å². The summed E-state index contributed by atoms with van der Waals surface area (Å²) in [7, 11) is 1.47. The van der Waals surface area contributed by atoms with Crippen LogP contribution in [-0.2, 0) is 21.8 Å². The van der Waals surface area contributed by atoms with Gasteiger partial charge in [0.15, 0.2) is 0 Å². The Bertz CT molecular complexity index is 814. The van der Waals surface area contributed by atoms with Crippen molar-refractivity contribution in [2.24, 2.45) is 7.05 Å². The standard InChI is InChI=1S/C19H25BFN3O2/c1-17(2)18(3,4)26-20(25-17)14-8-6-7-13(9-14)19(10-15(21)11-19)16-23-22-12-24(16)5/h6-9,12,15H,10-11H2,1-5H3/t15-,19-. The maximum Gasteiger partial charge on any atom is 0.494 e. The summed E-state index contributed by atoms with van der Waals surface area (Å²) >= 11 is 0. The zero-order chi connectivity index (χ0) is 18.7. The Morgan fingerprint density at radius 2 is 1.81 bits per heavy atom. The number of rotatable bonds is 3. The molecule has 138 valence electrons. The molecule has 4 rings (SSSR count). The Labute approximate surface area is 154 Å². The van der Waals surface area contributed by atoms with Gasteiger partial charge in [-0.05, 0) is 51.6 Å². The van der Waals surface area contributed by atoms with Gasteiger partial charge in [-0.3, -0.25) is 0 Å². The molecular weight excluding hydrogens is 332 g/mol. The van der Waals surface area contributed by atoms with Crippen molar-refractivity contribution in [1.29, 1.82) is 0 Å². The first-order chi connectivity index (χ1) is 12.1. The molecule has 1 aromatic carbocycles. The van der Waals surface area contributed by atoms with Crippen LogP contribution in [0.15, 0.2) is 30.6 Å². The molecule has 2 heterocycles. The SMILES string of the molecule is Cn1cnnc1[C@]1(c2cccc(B3OC(C)(C)C(C)(C)O3)c2)C[C@@H](F)C1. The number of benzene rings is 1. The average molecular weight is 357 g/mol. The first-order valence-electron chi connectivity index (χ1n) is 9.09. The second kappa shape index (κ2) is 5.63. The summed E-state index contributed by atoms with van der Waals surface area (Å²) in [5, 5.41) is 8.28. The summed E-state index contributed by atoms with van der Waals surface area (Å²) in [5.74, 6) is 0.803. The van der Waals surface area contributed by atoms with E-state index in [0.717, 1.165) is 16.9 Å². The maximum atomic E-state index is 13.9. The quantitative estimate of drug-likeness (QED) is 0.793. The van der Waals surface area contributed by atoms with Crippen LogP contribution in [0.25, 0.3) is 0 Å². The summed E-state index contributed by atoms with van der Waals surface area (Å²) in [6.45, 7) is 8.16. The predicted octanol–water partition coefficient (Wildman–Crippen LogP) is 2.53. The van der Waals surface area contributed by atoms with Gasteiger partial charge in [-0.2, -0.15) is 0 Å². The number of aryl methyl sites for hydroxylation is 1. The van der Waals surface area contributed by atoms with E-state index in [0.29, 0.717) is 12.8 Å². The molecule has 1 aliphatic heterocycles.